The Morgan fingerprint density at radius 2 is 1.08 bits per heavy atom. The van der Waals surface area contributed by atoms with Crippen LogP contribution >= 0.6 is 0 Å². The molecule has 224 valence electrons. The fourth-order valence-corrected chi connectivity index (χ4v) is 7.39. The predicted molar refractivity (Wildman–Crippen MR) is 200 cm³/mol. The standard InChI is InChI=1S/C45H28N2O/c1-4-13-29(14-5-1)31-23-25-41-38(27-31)43-42(47(41)32-17-8-3-9-18-32)26-24-36-34-20-12-21-35(44(34)48-45(36)43)37-28-40(30-15-6-2-7-16-30)46-39-22-11-10-19-33(37)39/h1-28H. The van der Waals surface area contributed by atoms with Gasteiger partial charge >= 0.3 is 0 Å². The van der Waals surface area contributed by atoms with Crippen molar-refractivity contribution >= 4 is 54.6 Å². The molecule has 48 heavy (non-hydrogen) atoms. The van der Waals surface area contributed by atoms with E-state index in [0.717, 1.165) is 77.3 Å². The summed E-state index contributed by atoms with van der Waals surface area (Å²) in [5, 5.41) is 5.60. The van der Waals surface area contributed by atoms with Crippen LogP contribution in [0.2, 0.25) is 0 Å². The second kappa shape index (κ2) is 10.5. The van der Waals surface area contributed by atoms with Gasteiger partial charge in [0, 0.05) is 38.4 Å². The zero-order chi connectivity index (χ0) is 31.6. The third-order valence-corrected chi connectivity index (χ3v) is 9.59. The summed E-state index contributed by atoms with van der Waals surface area (Å²) in [4.78, 5) is 5.06. The highest BCUT2D eigenvalue weighted by molar-refractivity contribution is 6.25. The number of fused-ring (bicyclic) bond motifs is 8. The monoisotopic (exact) mass is 612 g/mol. The maximum atomic E-state index is 7.11. The normalized spacial score (nSPS) is 11.8. The minimum atomic E-state index is 0.884. The molecule has 0 aliphatic heterocycles. The van der Waals surface area contributed by atoms with Crippen molar-refractivity contribution < 1.29 is 4.42 Å². The lowest BCUT2D eigenvalue weighted by atomic mass is 9.96. The molecule has 0 fully saturated rings. The highest BCUT2D eigenvalue weighted by Crippen LogP contribution is 2.44. The van der Waals surface area contributed by atoms with Crippen molar-refractivity contribution in [3.63, 3.8) is 0 Å². The number of nitrogens with zero attached hydrogens (tertiary/aromatic N) is 2. The molecule has 0 bridgehead atoms. The Morgan fingerprint density at radius 1 is 0.417 bits per heavy atom. The van der Waals surface area contributed by atoms with E-state index in [1.165, 1.54) is 16.5 Å². The lowest BCUT2D eigenvalue weighted by molar-refractivity contribution is 0.674. The van der Waals surface area contributed by atoms with Gasteiger partial charge in [0.25, 0.3) is 0 Å². The fraction of sp³-hybridized carbons (Fsp3) is 0. The maximum Gasteiger partial charge on any atom is 0.145 e. The molecule has 3 heteroatoms. The van der Waals surface area contributed by atoms with E-state index in [1.54, 1.807) is 0 Å². The molecule has 0 aliphatic carbocycles. The lowest BCUT2D eigenvalue weighted by Crippen LogP contribution is -1.92. The number of benzene rings is 7. The molecule has 3 heterocycles. The Hall–Kier alpha value is -6.45. The van der Waals surface area contributed by atoms with E-state index in [2.05, 4.69) is 168 Å². The molecule has 0 saturated heterocycles. The third-order valence-electron chi connectivity index (χ3n) is 9.59. The molecule has 0 aliphatic rings. The van der Waals surface area contributed by atoms with Crippen LogP contribution in [0.1, 0.15) is 0 Å². The molecule has 0 saturated carbocycles. The molecule has 0 amide bonds. The van der Waals surface area contributed by atoms with E-state index in [0.29, 0.717) is 0 Å². The Kier molecular flexibility index (Phi) is 5.87. The second-order valence-corrected chi connectivity index (χ2v) is 12.3. The van der Waals surface area contributed by atoms with Gasteiger partial charge in [-0.25, -0.2) is 4.98 Å². The van der Waals surface area contributed by atoms with Crippen LogP contribution in [0.3, 0.4) is 0 Å². The summed E-state index contributed by atoms with van der Waals surface area (Å²) < 4.78 is 9.47. The quantitative estimate of drug-likeness (QED) is 0.198. The highest BCUT2D eigenvalue weighted by Gasteiger charge is 2.21. The summed E-state index contributed by atoms with van der Waals surface area (Å²) in [6, 6.07) is 60.0. The second-order valence-electron chi connectivity index (χ2n) is 12.3. The zero-order valence-corrected chi connectivity index (χ0v) is 26.0. The third kappa shape index (κ3) is 4.04. The first-order chi connectivity index (χ1) is 23.8. The van der Waals surface area contributed by atoms with Gasteiger partial charge < -0.3 is 8.98 Å². The average Bonchev–Trinajstić information content (AvgIpc) is 3.71. The molecule has 0 unspecified atom stereocenters. The molecule has 0 N–H and O–H groups in total. The zero-order valence-electron chi connectivity index (χ0n) is 26.0. The number of hydrogen-bond acceptors (Lipinski definition) is 2. The SMILES string of the molecule is c1ccc(-c2ccc3c(c2)c2c4oc5c(-c6cc(-c7ccccc7)nc7ccccc67)cccc5c4ccc2n3-c2ccccc2)cc1. The predicted octanol–water partition coefficient (Wildman–Crippen LogP) is 12.2. The van der Waals surface area contributed by atoms with E-state index >= 15 is 0 Å². The van der Waals surface area contributed by atoms with Crippen LogP contribution in [0.4, 0.5) is 0 Å². The number of furan rings is 1. The molecule has 0 spiro atoms. The molecule has 0 atom stereocenters. The van der Waals surface area contributed by atoms with Gasteiger partial charge in [0.05, 0.1) is 27.6 Å². The summed E-state index contributed by atoms with van der Waals surface area (Å²) in [6.45, 7) is 0. The molecular weight excluding hydrogens is 585 g/mol. The summed E-state index contributed by atoms with van der Waals surface area (Å²) in [5.41, 5.74) is 12.7. The molecule has 0 radical (unpaired) electrons. The maximum absolute atomic E-state index is 7.11. The fourth-order valence-electron chi connectivity index (χ4n) is 7.39. The minimum absolute atomic E-state index is 0.884. The number of aromatic nitrogens is 2. The van der Waals surface area contributed by atoms with Crippen LogP contribution in [0.25, 0.3) is 93.8 Å². The Bertz CT molecular complexity index is 2810. The van der Waals surface area contributed by atoms with Crippen LogP contribution in [0.15, 0.2) is 174 Å². The van der Waals surface area contributed by atoms with Crippen LogP contribution in [-0.4, -0.2) is 9.55 Å². The summed E-state index contributed by atoms with van der Waals surface area (Å²) >= 11 is 0. The van der Waals surface area contributed by atoms with Gasteiger partial charge in [0.1, 0.15) is 11.2 Å². The highest BCUT2D eigenvalue weighted by atomic mass is 16.3. The summed E-state index contributed by atoms with van der Waals surface area (Å²) in [5.74, 6) is 0. The minimum Gasteiger partial charge on any atom is -0.455 e. The van der Waals surface area contributed by atoms with Crippen molar-refractivity contribution in [3.05, 3.63) is 170 Å². The van der Waals surface area contributed by atoms with Crippen molar-refractivity contribution in [1.82, 2.24) is 9.55 Å². The number of pyridine rings is 1. The average molecular weight is 613 g/mol. The van der Waals surface area contributed by atoms with Gasteiger partial charge in [-0.3, -0.25) is 0 Å². The van der Waals surface area contributed by atoms with Gasteiger partial charge in [0.2, 0.25) is 0 Å². The molecule has 10 aromatic rings. The van der Waals surface area contributed by atoms with Crippen LogP contribution < -0.4 is 0 Å². The van der Waals surface area contributed by atoms with Crippen molar-refractivity contribution in [2.45, 2.75) is 0 Å². The van der Waals surface area contributed by atoms with E-state index < -0.39 is 0 Å². The molecule has 7 aromatic carbocycles. The summed E-state index contributed by atoms with van der Waals surface area (Å²) in [7, 11) is 0. The van der Waals surface area contributed by atoms with Crippen molar-refractivity contribution in [2.75, 3.05) is 0 Å². The van der Waals surface area contributed by atoms with Crippen LogP contribution in [0, 0.1) is 0 Å². The van der Waals surface area contributed by atoms with Gasteiger partial charge in [-0.2, -0.15) is 0 Å². The largest absolute Gasteiger partial charge is 0.455 e. The first-order valence-corrected chi connectivity index (χ1v) is 16.3. The Morgan fingerprint density at radius 3 is 1.90 bits per heavy atom. The van der Waals surface area contributed by atoms with Gasteiger partial charge in [-0.05, 0) is 65.2 Å². The van der Waals surface area contributed by atoms with Crippen LogP contribution in [-0.2, 0) is 0 Å². The van der Waals surface area contributed by atoms with Gasteiger partial charge in [0.15, 0.2) is 0 Å². The molecule has 10 rings (SSSR count). The Labute approximate surface area is 277 Å². The summed E-state index contributed by atoms with van der Waals surface area (Å²) in [6.07, 6.45) is 0. The van der Waals surface area contributed by atoms with Gasteiger partial charge in [-0.15, -0.1) is 0 Å². The molecular formula is C45H28N2O. The number of para-hydroxylation sites is 3. The Balaban J connectivity index is 1.30. The van der Waals surface area contributed by atoms with E-state index in [9.17, 15) is 0 Å². The smallest absolute Gasteiger partial charge is 0.145 e. The van der Waals surface area contributed by atoms with Crippen molar-refractivity contribution in [1.29, 1.82) is 0 Å². The number of rotatable bonds is 4. The van der Waals surface area contributed by atoms with E-state index in [4.69, 9.17) is 9.40 Å². The van der Waals surface area contributed by atoms with Gasteiger partial charge in [-0.1, -0.05) is 121 Å². The number of hydrogen-bond donors (Lipinski definition) is 0. The van der Waals surface area contributed by atoms with E-state index in [-0.39, 0.29) is 0 Å². The van der Waals surface area contributed by atoms with E-state index in [1.807, 2.05) is 6.07 Å². The first kappa shape index (κ1) is 26.7. The van der Waals surface area contributed by atoms with Crippen molar-refractivity contribution in [3.8, 4) is 39.2 Å². The van der Waals surface area contributed by atoms with Crippen molar-refractivity contribution in [2.24, 2.45) is 0 Å². The topological polar surface area (TPSA) is 31.0 Å². The van der Waals surface area contributed by atoms with Crippen LogP contribution in [0.5, 0.6) is 0 Å². The molecule has 3 aromatic heterocycles. The lowest BCUT2D eigenvalue weighted by Gasteiger charge is -2.11. The first-order valence-electron chi connectivity index (χ1n) is 16.3. The molecule has 3 nitrogen and oxygen atoms in total.